The zero-order valence-corrected chi connectivity index (χ0v) is 11.9. The number of halogens is 4. The van der Waals surface area contributed by atoms with Crippen LogP contribution in [-0.2, 0) is 0 Å². The first-order valence-corrected chi connectivity index (χ1v) is 6.45. The van der Waals surface area contributed by atoms with Crippen molar-refractivity contribution in [2.45, 2.75) is 6.36 Å². The van der Waals surface area contributed by atoms with Gasteiger partial charge in [0, 0.05) is 5.56 Å². The first-order chi connectivity index (χ1) is 9.87. The largest absolute Gasteiger partial charge is 0.573 e. The molecule has 7 heteroatoms. The third kappa shape index (κ3) is 4.49. The van der Waals surface area contributed by atoms with Crippen molar-refractivity contribution < 1.29 is 27.4 Å². The molecular weight excluding hydrogens is 353 g/mol. The molecule has 0 fully saturated rings. The zero-order valence-electron chi connectivity index (χ0n) is 10.4. The van der Waals surface area contributed by atoms with Crippen molar-refractivity contribution in [3.05, 3.63) is 52.5 Å². The smallest absolute Gasteiger partial charge is 0.456 e. The van der Waals surface area contributed by atoms with E-state index in [9.17, 15) is 18.0 Å². The van der Waals surface area contributed by atoms with E-state index in [1.165, 1.54) is 6.07 Å². The molecule has 3 nitrogen and oxygen atoms in total. The van der Waals surface area contributed by atoms with Gasteiger partial charge < -0.3 is 9.47 Å². The second-order valence-corrected chi connectivity index (χ2v) is 4.78. The van der Waals surface area contributed by atoms with Gasteiger partial charge in [-0.3, -0.25) is 4.79 Å². The molecule has 2 rings (SSSR count). The number of ether oxygens (including phenoxy) is 2. The number of hydrogen-bond donors (Lipinski definition) is 0. The average molecular weight is 361 g/mol. The van der Waals surface area contributed by atoms with Gasteiger partial charge in [-0.15, -0.1) is 13.2 Å². The van der Waals surface area contributed by atoms with Crippen molar-refractivity contribution in [2.75, 3.05) is 0 Å². The van der Waals surface area contributed by atoms with E-state index < -0.39 is 6.36 Å². The summed E-state index contributed by atoms with van der Waals surface area (Å²) in [5.41, 5.74) is 0.496. The van der Waals surface area contributed by atoms with E-state index in [0.29, 0.717) is 27.8 Å². The molecule has 0 amide bonds. The minimum Gasteiger partial charge on any atom is -0.456 e. The summed E-state index contributed by atoms with van der Waals surface area (Å²) in [6.07, 6.45) is -4.05. The van der Waals surface area contributed by atoms with E-state index in [0.717, 1.165) is 12.1 Å². The van der Waals surface area contributed by atoms with Crippen molar-refractivity contribution in [1.29, 1.82) is 0 Å². The van der Waals surface area contributed by atoms with Crippen LogP contribution in [0.1, 0.15) is 10.4 Å². The Hall–Kier alpha value is -2.02. The molecule has 2 aromatic carbocycles. The number of benzene rings is 2. The van der Waals surface area contributed by atoms with Crippen LogP contribution >= 0.6 is 15.9 Å². The Morgan fingerprint density at radius 2 is 1.62 bits per heavy atom. The van der Waals surface area contributed by atoms with E-state index in [-0.39, 0.29) is 5.75 Å². The Bertz CT molecular complexity index is 639. The molecule has 0 N–H and O–H groups in total. The summed E-state index contributed by atoms with van der Waals surface area (Å²) >= 11 is 3.11. The standard InChI is InChI=1S/C14H8BrF3O3/c15-12-7-11(21-14(16,17)18)5-6-13(12)20-10-3-1-9(8-19)2-4-10/h1-8H. The third-order valence-electron chi connectivity index (χ3n) is 2.38. The molecule has 0 unspecified atom stereocenters. The van der Waals surface area contributed by atoms with Gasteiger partial charge in [0.1, 0.15) is 23.5 Å². The highest BCUT2D eigenvalue weighted by atomic mass is 79.9. The van der Waals surface area contributed by atoms with Crippen LogP contribution in [0.4, 0.5) is 13.2 Å². The maximum absolute atomic E-state index is 12.1. The van der Waals surface area contributed by atoms with E-state index in [4.69, 9.17) is 4.74 Å². The average Bonchev–Trinajstić information content (AvgIpc) is 2.41. The number of alkyl halides is 3. The van der Waals surface area contributed by atoms with E-state index in [1.807, 2.05) is 0 Å². The normalized spacial score (nSPS) is 11.0. The predicted molar refractivity (Wildman–Crippen MR) is 72.7 cm³/mol. The van der Waals surface area contributed by atoms with Gasteiger partial charge in [-0.2, -0.15) is 0 Å². The Balaban J connectivity index is 2.15. The molecule has 0 heterocycles. The lowest BCUT2D eigenvalue weighted by atomic mass is 10.2. The highest BCUT2D eigenvalue weighted by molar-refractivity contribution is 9.10. The fourth-order valence-corrected chi connectivity index (χ4v) is 1.94. The van der Waals surface area contributed by atoms with Crippen molar-refractivity contribution in [3.8, 4) is 17.2 Å². The molecule has 0 bridgehead atoms. The number of carbonyl (C=O) groups is 1. The first-order valence-electron chi connectivity index (χ1n) is 5.66. The number of hydrogen-bond acceptors (Lipinski definition) is 3. The van der Waals surface area contributed by atoms with E-state index >= 15 is 0 Å². The molecule has 0 radical (unpaired) electrons. The maximum atomic E-state index is 12.1. The molecule has 2 aromatic rings. The fourth-order valence-electron chi connectivity index (χ4n) is 1.50. The van der Waals surface area contributed by atoms with Crippen LogP contribution in [-0.4, -0.2) is 12.6 Å². The quantitative estimate of drug-likeness (QED) is 0.723. The molecule has 0 aliphatic heterocycles. The number of carbonyl (C=O) groups excluding carboxylic acids is 1. The van der Waals surface area contributed by atoms with E-state index in [2.05, 4.69) is 20.7 Å². The Kier molecular flexibility index (Phi) is 4.52. The molecule has 0 saturated heterocycles. The van der Waals surface area contributed by atoms with Crippen LogP contribution in [0.2, 0.25) is 0 Å². The summed E-state index contributed by atoms with van der Waals surface area (Å²) in [7, 11) is 0. The second kappa shape index (κ2) is 6.17. The van der Waals surface area contributed by atoms with Crippen LogP contribution in [0, 0.1) is 0 Å². The topological polar surface area (TPSA) is 35.5 Å². The SMILES string of the molecule is O=Cc1ccc(Oc2ccc(OC(F)(F)F)cc2Br)cc1. The molecule has 0 saturated carbocycles. The summed E-state index contributed by atoms with van der Waals surface area (Å²) in [5, 5.41) is 0. The first kappa shape index (κ1) is 15.4. The molecule has 110 valence electrons. The van der Waals surface area contributed by atoms with Crippen molar-refractivity contribution in [1.82, 2.24) is 0 Å². The molecule has 21 heavy (non-hydrogen) atoms. The summed E-state index contributed by atoms with van der Waals surface area (Å²) in [6, 6.07) is 9.94. The highest BCUT2D eigenvalue weighted by Gasteiger charge is 2.31. The lowest BCUT2D eigenvalue weighted by Crippen LogP contribution is -2.17. The van der Waals surface area contributed by atoms with Crippen molar-refractivity contribution in [2.24, 2.45) is 0 Å². The van der Waals surface area contributed by atoms with Crippen LogP contribution < -0.4 is 9.47 Å². The van der Waals surface area contributed by atoms with Crippen LogP contribution in [0.25, 0.3) is 0 Å². The minimum absolute atomic E-state index is 0.309. The third-order valence-corrected chi connectivity index (χ3v) is 3.00. The molecule has 0 aliphatic rings. The second-order valence-electron chi connectivity index (χ2n) is 3.93. The molecule has 0 spiro atoms. The molecular formula is C14H8BrF3O3. The maximum Gasteiger partial charge on any atom is 0.573 e. The van der Waals surface area contributed by atoms with Gasteiger partial charge in [-0.05, 0) is 58.4 Å². The van der Waals surface area contributed by atoms with Gasteiger partial charge in [0.25, 0.3) is 0 Å². The van der Waals surface area contributed by atoms with Crippen LogP contribution in [0.15, 0.2) is 46.9 Å². The Morgan fingerprint density at radius 1 is 1.00 bits per heavy atom. The van der Waals surface area contributed by atoms with Gasteiger partial charge in [0.2, 0.25) is 0 Å². The number of rotatable bonds is 4. The van der Waals surface area contributed by atoms with Gasteiger partial charge in [-0.1, -0.05) is 0 Å². The summed E-state index contributed by atoms with van der Waals surface area (Å²) in [5.74, 6) is 0.423. The summed E-state index contributed by atoms with van der Waals surface area (Å²) in [6.45, 7) is 0. The monoisotopic (exact) mass is 360 g/mol. The molecule has 0 atom stereocenters. The fraction of sp³-hybridized carbons (Fsp3) is 0.0714. The summed E-state index contributed by atoms with van der Waals surface area (Å²) < 4.78 is 45.9. The molecule has 0 aliphatic carbocycles. The highest BCUT2D eigenvalue weighted by Crippen LogP contribution is 2.34. The minimum atomic E-state index is -4.74. The van der Waals surface area contributed by atoms with E-state index in [1.54, 1.807) is 24.3 Å². The lowest BCUT2D eigenvalue weighted by Gasteiger charge is -2.11. The number of aldehydes is 1. The van der Waals surface area contributed by atoms with Crippen LogP contribution in [0.5, 0.6) is 17.2 Å². The summed E-state index contributed by atoms with van der Waals surface area (Å²) in [4.78, 5) is 10.5. The van der Waals surface area contributed by atoms with Crippen LogP contribution in [0.3, 0.4) is 0 Å². The Labute approximate surface area is 126 Å². The van der Waals surface area contributed by atoms with Crippen molar-refractivity contribution in [3.63, 3.8) is 0 Å². The van der Waals surface area contributed by atoms with Crippen molar-refractivity contribution >= 4 is 22.2 Å². The van der Waals surface area contributed by atoms with Gasteiger partial charge in [0.05, 0.1) is 4.47 Å². The van der Waals surface area contributed by atoms with Gasteiger partial charge >= 0.3 is 6.36 Å². The molecule has 0 aromatic heterocycles. The van der Waals surface area contributed by atoms with Gasteiger partial charge in [-0.25, -0.2) is 0 Å². The van der Waals surface area contributed by atoms with Gasteiger partial charge in [0.15, 0.2) is 0 Å². The zero-order chi connectivity index (χ0) is 15.5. The lowest BCUT2D eigenvalue weighted by molar-refractivity contribution is -0.274. The Morgan fingerprint density at radius 3 is 2.14 bits per heavy atom. The predicted octanol–water partition coefficient (Wildman–Crippen LogP) is 4.95.